The molecule has 6 rings (SSSR count). The number of aromatic nitrogens is 4. The van der Waals surface area contributed by atoms with Crippen molar-refractivity contribution in [1.82, 2.24) is 25.1 Å². The van der Waals surface area contributed by atoms with E-state index in [0.717, 1.165) is 50.2 Å². The van der Waals surface area contributed by atoms with Crippen molar-refractivity contribution in [2.75, 3.05) is 24.3 Å². The Kier molecular flexibility index (Phi) is 7.91. The van der Waals surface area contributed by atoms with E-state index in [2.05, 4.69) is 50.6 Å². The Bertz CT molecular complexity index is 1410. The van der Waals surface area contributed by atoms with E-state index in [1.165, 1.54) is 42.5 Å². The van der Waals surface area contributed by atoms with Crippen molar-refractivity contribution < 1.29 is 4.79 Å². The van der Waals surface area contributed by atoms with Crippen LogP contribution in [0.15, 0.2) is 36.5 Å². The molecular formula is C32H40N8O. The van der Waals surface area contributed by atoms with Crippen LogP contribution in [0.2, 0.25) is 0 Å². The summed E-state index contributed by atoms with van der Waals surface area (Å²) < 4.78 is 0. The quantitative estimate of drug-likeness (QED) is 0.380. The third-order valence-corrected chi connectivity index (χ3v) is 9.58. The molecular weight excluding hydrogens is 512 g/mol. The van der Waals surface area contributed by atoms with E-state index < -0.39 is 0 Å². The second-order valence-electron chi connectivity index (χ2n) is 12.2. The number of rotatable bonds is 8. The number of carbonyl (C=O) groups is 1. The average Bonchev–Trinajstić information content (AvgIpc) is 3.77. The molecule has 9 heteroatoms. The third kappa shape index (κ3) is 6.07. The molecule has 1 unspecified atom stereocenters. The maximum absolute atomic E-state index is 13.2. The monoisotopic (exact) mass is 552 g/mol. The third-order valence-electron chi connectivity index (χ3n) is 9.58. The van der Waals surface area contributed by atoms with Gasteiger partial charge in [0.2, 0.25) is 11.9 Å². The summed E-state index contributed by atoms with van der Waals surface area (Å²) in [5, 5.41) is 20.2. The zero-order chi connectivity index (χ0) is 28.3. The van der Waals surface area contributed by atoms with E-state index in [0.29, 0.717) is 35.8 Å². The first-order valence-electron chi connectivity index (χ1n) is 15.1. The van der Waals surface area contributed by atoms with Gasteiger partial charge >= 0.3 is 0 Å². The van der Waals surface area contributed by atoms with Crippen LogP contribution in [0, 0.1) is 17.2 Å². The number of aromatic amines is 1. The van der Waals surface area contributed by atoms with Crippen LogP contribution >= 0.6 is 0 Å². The van der Waals surface area contributed by atoms with Crippen molar-refractivity contribution >= 4 is 23.5 Å². The second kappa shape index (κ2) is 11.9. The van der Waals surface area contributed by atoms with E-state index in [1.807, 2.05) is 30.1 Å². The van der Waals surface area contributed by atoms with Crippen molar-refractivity contribution in [2.45, 2.75) is 88.6 Å². The molecule has 3 aromatic rings. The highest BCUT2D eigenvalue weighted by atomic mass is 16.2. The van der Waals surface area contributed by atoms with Crippen LogP contribution in [0.1, 0.15) is 86.1 Å². The number of fused-ring (bicyclic) bond motifs is 1. The second-order valence-corrected chi connectivity index (χ2v) is 12.2. The minimum atomic E-state index is 0.233. The summed E-state index contributed by atoms with van der Waals surface area (Å²) in [5.41, 5.74) is 4.42. The van der Waals surface area contributed by atoms with Crippen molar-refractivity contribution in [1.29, 1.82) is 5.26 Å². The number of amides is 1. The van der Waals surface area contributed by atoms with Crippen LogP contribution in [0.4, 0.5) is 17.6 Å². The van der Waals surface area contributed by atoms with Gasteiger partial charge in [0.15, 0.2) is 5.82 Å². The normalized spacial score (nSPS) is 22.2. The zero-order valence-corrected chi connectivity index (χ0v) is 24.1. The smallest absolute Gasteiger partial charge is 0.227 e. The lowest BCUT2D eigenvalue weighted by molar-refractivity contribution is -0.133. The summed E-state index contributed by atoms with van der Waals surface area (Å²) in [4.78, 5) is 26.7. The van der Waals surface area contributed by atoms with E-state index in [4.69, 9.17) is 4.98 Å². The Labute approximate surface area is 242 Å². The number of nitrogens with zero attached hydrogens (tertiary/aromatic N) is 6. The molecule has 2 N–H and O–H groups in total. The van der Waals surface area contributed by atoms with E-state index >= 15 is 0 Å². The van der Waals surface area contributed by atoms with Gasteiger partial charge in [-0.15, -0.1) is 0 Å². The summed E-state index contributed by atoms with van der Waals surface area (Å²) >= 11 is 0. The molecule has 2 fully saturated rings. The number of nitriles is 1. The van der Waals surface area contributed by atoms with Crippen LogP contribution in [0.25, 0.3) is 0 Å². The van der Waals surface area contributed by atoms with Crippen LogP contribution in [-0.2, 0) is 17.6 Å². The number of H-pyrrole nitrogens is 1. The molecule has 0 spiro atoms. The Morgan fingerprint density at radius 2 is 1.76 bits per heavy atom. The number of hydrogen-bond donors (Lipinski definition) is 2. The summed E-state index contributed by atoms with van der Waals surface area (Å²) in [5.74, 6) is 3.38. The van der Waals surface area contributed by atoms with Crippen molar-refractivity contribution in [3.63, 3.8) is 0 Å². The van der Waals surface area contributed by atoms with Gasteiger partial charge in [0.05, 0.1) is 11.6 Å². The molecule has 2 saturated carbocycles. The fourth-order valence-corrected chi connectivity index (χ4v) is 7.08. The lowest BCUT2D eigenvalue weighted by Gasteiger charge is -2.38. The highest BCUT2D eigenvalue weighted by Gasteiger charge is 2.31. The minimum Gasteiger partial charge on any atom is -0.343 e. The van der Waals surface area contributed by atoms with Gasteiger partial charge in [-0.05, 0) is 86.6 Å². The molecule has 0 saturated heterocycles. The van der Waals surface area contributed by atoms with E-state index in [1.54, 1.807) is 6.20 Å². The maximum atomic E-state index is 13.2. The van der Waals surface area contributed by atoms with Gasteiger partial charge in [-0.25, -0.2) is 4.98 Å². The van der Waals surface area contributed by atoms with Gasteiger partial charge in [0, 0.05) is 56.5 Å². The first-order valence-corrected chi connectivity index (χ1v) is 15.1. The fraction of sp³-hybridized carbons (Fsp3) is 0.531. The molecule has 3 aliphatic rings. The Morgan fingerprint density at radius 3 is 2.54 bits per heavy atom. The summed E-state index contributed by atoms with van der Waals surface area (Å²) in [6, 6.07) is 12.7. The zero-order valence-electron chi connectivity index (χ0n) is 24.1. The molecule has 0 aliphatic heterocycles. The minimum absolute atomic E-state index is 0.233. The van der Waals surface area contributed by atoms with Gasteiger partial charge in [0.25, 0.3) is 0 Å². The number of carbonyl (C=O) groups excluding carboxylic acids is 1. The van der Waals surface area contributed by atoms with Gasteiger partial charge in [-0.2, -0.15) is 15.3 Å². The highest BCUT2D eigenvalue weighted by Crippen LogP contribution is 2.35. The number of benzene rings is 1. The predicted molar refractivity (Wildman–Crippen MR) is 159 cm³/mol. The molecule has 3 aliphatic carbocycles. The molecule has 1 atom stereocenters. The lowest BCUT2D eigenvalue weighted by atomic mass is 9.89. The van der Waals surface area contributed by atoms with Crippen molar-refractivity contribution in [3.8, 4) is 6.07 Å². The molecule has 0 bridgehead atoms. The SMILES string of the molecule is CN(C(=O)CC1Cc2ccc(C#N)cc2C1)C1CCC(N(C)c2nccc(Nc3cc(C4CCCC4)[nH]n3)n2)CC1. The first-order chi connectivity index (χ1) is 20.0. The van der Waals surface area contributed by atoms with Crippen molar-refractivity contribution in [3.05, 3.63) is 58.9 Å². The van der Waals surface area contributed by atoms with Crippen LogP contribution in [-0.4, -0.2) is 57.2 Å². The van der Waals surface area contributed by atoms with Crippen LogP contribution in [0.3, 0.4) is 0 Å². The molecule has 214 valence electrons. The molecule has 2 heterocycles. The van der Waals surface area contributed by atoms with Gasteiger partial charge in [0.1, 0.15) is 5.82 Å². The summed E-state index contributed by atoms with van der Waals surface area (Å²) in [6.07, 6.45) is 13.2. The average molecular weight is 553 g/mol. The topological polar surface area (TPSA) is 114 Å². The standard InChI is InChI=1S/C32H40N8O/c1-39(31(41)18-22-16-24-8-7-21(20-33)15-25(24)17-22)26-9-11-27(12-10-26)40(2)32-34-14-13-29(36-32)35-30-19-28(37-38-30)23-5-3-4-6-23/h7-8,13-15,19,22-23,26-27H,3-6,9-12,16-18H2,1-2H3,(H2,34,35,36,37,38). The first kappa shape index (κ1) is 27.3. The largest absolute Gasteiger partial charge is 0.343 e. The van der Waals surface area contributed by atoms with Crippen LogP contribution < -0.4 is 10.2 Å². The van der Waals surface area contributed by atoms with Crippen LogP contribution in [0.5, 0.6) is 0 Å². The summed E-state index contributed by atoms with van der Waals surface area (Å²) in [7, 11) is 4.04. The molecule has 1 aromatic carbocycles. The van der Waals surface area contributed by atoms with Gasteiger partial charge < -0.3 is 15.1 Å². The fourth-order valence-electron chi connectivity index (χ4n) is 7.08. The maximum Gasteiger partial charge on any atom is 0.227 e. The predicted octanol–water partition coefficient (Wildman–Crippen LogP) is 5.48. The van der Waals surface area contributed by atoms with E-state index in [-0.39, 0.29) is 11.9 Å². The Balaban J connectivity index is 0.992. The Hall–Kier alpha value is -3.93. The molecule has 0 radical (unpaired) electrons. The highest BCUT2D eigenvalue weighted by molar-refractivity contribution is 5.76. The molecule has 9 nitrogen and oxygen atoms in total. The summed E-state index contributed by atoms with van der Waals surface area (Å²) in [6.45, 7) is 0. The molecule has 2 aromatic heterocycles. The number of nitrogens with one attached hydrogen (secondary N) is 2. The van der Waals surface area contributed by atoms with Crippen molar-refractivity contribution in [2.24, 2.45) is 5.92 Å². The lowest BCUT2D eigenvalue weighted by Crippen LogP contribution is -2.44. The number of hydrogen-bond acceptors (Lipinski definition) is 7. The molecule has 41 heavy (non-hydrogen) atoms. The van der Waals surface area contributed by atoms with Gasteiger partial charge in [-0.1, -0.05) is 18.9 Å². The van der Waals surface area contributed by atoms with Gasteiger partial charge in [-0.3, -0.25) is 9.89 Å². The Morgan fingerprint density at radius 1 is 1.00 bits per heavy atom. The van der Waals surface area contributed by atoms with E-state index in [9.17, 15) is 10.1 Å². The number of anilines is 3. The molecule has 1 amide bonds.